The number of hydrogen-bond acceptors (Lipinski definition) is 6. The molecule has 0 aliphatic carbocycles. The highest BCUT2D eigenvalue weighted by Gasteiger charge is 2.14. The third kappa shape index (κ3) is 5.02. The molecule has 1 rings (SSSR count). The van der Waals surface area contributed by atoms with Crippen molar-refractivity contribution in [2.45, 2.75) is 47.5 Å². The van der Waals surface area contributed by atoms with E-state index in [0.717, 1.165) is 51.0 Å². The Hall–Kier alpha value is -1.59. The minimum Gasteiger partial charge on any atom is -0.354 e. The summed E-state index contributed by atoms with van der Waals surface area (Å²) in [6.07, 6.45) is 2.32. The lowest BCUT2D eigenvalue weighted by atomic mass is 10.3. The van der Waals surface area contributed by atoms with E-state index in [1.807, 2.05) is 0 Å². The minimum atomic E-state index is 0.666. The number of anilines is 3. The van der Waals surface area contributed by atoms with Crippen molar-refractivity contribution in [2.75, 3.05) is 47.8 Å². The van der Waals surface area contributed by atoms with E-state index in [-0.39, 0.29) is 0 Å². The molecule has 0 atom stereocenters. The molecule has 0 bridgehead atoms. The predicted octanol–water partition coefficient (Wildman–Crippen LogP) is 2.78. The summed E-state index contributed by atoms with van der Waals surface area (Å²) in [4.78, 5) is 18.1. The van der Waals surface area contributed by atoms with Gasteiger partial charge in [-0.3, -0.25) is 0 Å². The maximum atomic E-state index is 4.67. The van der Waals surface area contributed by atoms with E-state index in [1.165, 1.54) is 6.42 Å². The fraction of sp³-hybridized carbons (Fsp3) is 0.800. The molecule has 0 aliphatic rings. The van der Waals surface area contributed by atoms with Gasteiger partial charge in [0, 0.05) is 32.7 Å². The second-order valence-corrected chi connectivity index (χ2v) is 4.89. The molecule has 1 aromatic rings. The van der Waals surface area contributed by atoms with Crippen LogP contribution in [0.4, 0.5) is 17.8 Å². The van der Waals surface area contributed by atoms with Crippen molar-refractivity contribution >= 4 is 17.8 Å². The van der Waals surface area contributed by atoms with Gasteiger partial charge in [-0.1, -0.05) is 13.3 Å². The number of unbranched alkanes of at least 4 members (excludes halogenated alkanes) is 1. The molecule has 0 aliphatic heterocycles. The average Bonchev–Trinajstić information content (AvgIpc) is 2.49. The van der Waals surface area contributed by atoms with E-state index in [0.29, 0.717) is 5.95 Å². The number of rotatable bonds is 10. The summed E-state index contributed by atoms with van der Waals surface area (Å²) < 4.78 is 0. The fourth-order valence-corrected chi connectivity index (χ4v) is 2.13. The average molecular weight is 294 g/mol. The highest BCUT2D eigenvalue weighted by Crippen LogP contribution is 2.17. The first-order valence-corrected chi connectivity index (χ1v) is 8.19. The van der Waals surface area contributed by atoms with Crippen LogP contribution in [0.15, 0.2) is 0 Å². The Bertz CT molecular complexity index is 405. The maximum Gasteiger partial charge on any atom is 0.231 e. The lowest BCUT2D eigenvalue weighted by Crippen LogP contribution is -2.30. The van der Waals surface area contributed by atoms with Crippen LogP contribution in [0.3, 0.4) is 0 Å². The summed E-state index contributed by atoms with van der Waals surface area (Å²) in [6.45, 7) is 15.1. The minimum absolute atomic E-state index is 0.666. The first-order chi connectivity index (χ1) is 10.2. The van der Waals surface area contributed by atoms with Crippen LogP contribution in [0.1, 0.15) is 47.5 Å². The van der Waals surface area contributed by atoms with E-state index >= 15 is 0 Å². The summed E-state index contributed by atoms with van der Waals surface area (Å²) in [5, 5.41) is 3.21. The molecule has 0 amide bonds. The van der Waals surface area contributed by atoms with E-state index < -0.39 is 0 Å². The molecule has 1 heterocycles. The van der Waals surface area contributed by atoms with Gasteiger partial charge in [-0.05, 0) is 34.1 Å². The van der Waals surface area contributed by atoms with Crippen molar-refractivity contribution in [2.24, 2.45) is 0 Å². The van der Waals surface area contributed by atoms with Crippen LogP contribution in [0.25, 0.3) is 0 Å². The Labute approximate surface area is 129 Å². The molecule has 0 spiro atoms. The number of nitrogens with one attached hydrogen (secondary N) is 1. The van der Waals surface area contributed by atoms with E-state index in [2.05, 4.69) is 64.7 Å². The topological polar surface area (TPSA) is 57.2 Å². The quantitative estimate of drug-likeness (QED) is 0.716. The fourth-order valence-electron chi connectivity index (χ4n) is 2.13. The van der Waals surface area contributed by atoms with Gasteiger partial charge in [0.2, 0.25) is 17.8 Å². The van der Waals surface area contributed by atoms with Crippen molar-refractivity contribution in [1.29, 1.82) is 0 Å². The van der Waals surface area contributed by atoms with E-state index in [4.69, 9.17) is 0 Å². The lowest BCUT2D eigenvalue weighted by Gasteiger charge is -2.24. The molecular weight excluding hydrogens is 264 g/mol. The van der Waals surface area contributed by atoms with Gasteiger partial charge in [-0.2, -0.15) is 15.0 Å². The molecule has 1 N–H and O–H groups in total. The molecule has 0 saturated heterocycles. The molecule has 120 valence electrons. The molecule has 6 nitrogen and oxygen atoms in total. The summed E-state index contributed by atoms with van der Waals surface area (Å²) in [7, 11) is 0. The van der Waals surface area contributed by atoms with Gasteiger partial charge in [0.15, 0.2) is 0 Å². The van der Waals surface area contributed by atoms with Crippen molar-refractivity contribution in [3.63, 3.8) is 0 Å². The highest BCUT2D eigenvalue weighted by molar-refractivity contribution is 5.45. The first kappa shape index (κ1) is 17.5. The van der Waals surface area contributed by atoms with Gasteiger partial charge in [0.1, 0.15) is 0 Å². The van der Waals surface area contributed by atoms with Gasteiger partial charge in [-0.25, -0.2) is 0 Å². The van der Waals surface area contributed by atoms with Gasteiger partial charge in [-0.15, -0.1) is 0 Å². The zero-order chi connectivity index (χ0) is 15.7. The molecule has 6 heteroatoms. The second kappa shape index (κ2) is 9.37. The van der Waals surface area contributed by atoms with Crippen LogP contribution in [-0.4, -0.2) is 47.7 Å². The Morgan fingerprint density at radius 2 is 1.38 bits per heavy atom. The molecule has 0 saturated carbocycles. The molecule has 1 aromatic heterocycles. The highest BCUT2D eigenvalue weighted by atomic mass is 15.4. The maximum absolute atomic E-state index is 4.67. The van der Waals surface area contributed by atoms with Gasteiger partial charge >= 0.3 is 0 Å². The van der Waals surface area contributed by atoms with Crippen LogP contribution in [0.5, 0.6) is 0 Å². The van der Waals surface area contributed by atoms with Crippen LogP contribution in [-0.2, 0) is 0 Å². The van der Waals surface area contributed by atoms with Gasteiger partial charge < -0.3 is 15.1 Å². The van der Waals surface area contributed by atoms with Crippen LogP contribution in [0.2, 0.25) is 0 Å². The smallest absolute Gasteiger partial charge is 0.231 e. The summed E-state index contributed by atoms with van der Waals surface area (Å²) >= 11 is 0. The first-order valence-electron chi connectivity index (χ1n) is 8.19. The Morgan fingerprint density at radius 3 is 1.86 bits per heavy atom. The van der Waals surface area contributed by atoms with Crippen molar-refractivity contribution in [3.05, 3.63) is 0 Å². The third-order valence-corrected chi connectivity index (χ3v) is 3.44. The second-order valence-electron chi connectivity index (χ2n) is 4.89. The van der Waals surface area contributed by atoms with Crippen LogP contribution in [0, 0.1) is 0 Å². The summed E-state index contributed by atoms with van der Waals surface area (Å²) in [5.41, 5.74) is 0. The summed E-state index contributed by atoms with van der Waals surface area (Å²) in [5.74, 6) is 2.20. The zero-order valence-corrected chi connectivity index (χ0v) is 14.2. The molecule has 0 fully saturated rings. The van der Waals surface area contributed by atoms with Crippen LogP contribution < -0.4 is 15.1 Å². The predicted molar refractivity (Wildman–Crippen MR) is 90.3 cm³/mol. The summed E-state index contributed by atoms with van der Waals surface area (Å²) in [6, 6.07) is 0. The Balaban J connectivity index is 3.10. The SMILES string of the molecule is CCCCN(CC)c1nc(NCC)nc(N(CC)CC)n1. The largest absolute Gasteiger partial charge is 0.354 e. The third-order valence-electron chi connectivity index (χ3n) is 3.44. The molecule has 0 radical (unpaired) electrons. The Kier molecular flexibility index (Phi) is 7.79. The molecule has 0 aromatic carbocycles. The van der Waals surface area contributed by atoms with E-state index in [1.54, 1.807) is 0 Å². The van der Waals surface area contributed by atoms with Gasteiger partial charge in [0.25, 0.3) is 0 Å². The monoisotopic (exact) mass is 294 g/mol. The zero-order valence-electron chi connectivity index (χ0n) is 14.2. The van der Waals surface area contributed by atoms with Crippen molar-refractivity contribution < 1.29 is 0 Å². The normalized spacial score (nSPS) is 10.5. The van der Waals surface area contributed by atoms with Gasteiger partial charge in [0.05, 0.1) is 0 Å². The van der Waals surface area contributed by atoms with Crippen LogP contribution >= 0.6 is 0 Å². The molecule has 0 unspecified atom stereocenters. The number of aromatic nitrogens is 3. The molecule has 21 heavy (non-hydrogen) atoms. The number of nitrogens with zero attached hydrogens (tertiary/aromatic N) is 5. The number of hydrogen-bond donors (Lipinski definition) is 1. The Morgan fingerprint density at radius 1 is 0.810 bits per heavy atom. The van der Waals surface area contributed by atoms with E-state index in [9.17, 15) is 0 Å². The standard InChI is InChI=1S/C15H30N6/c1-6-11-12-21(10-5)15-18-13(16-7-2)17-14(19-15)20(8-3)9-4/h6-12H2,1-5H3,(H,16,17,18,19). The lowest BCUT2D eigenvalue weighted by molar-refractivity contribution is 0.707. The van der Waals surface area contributed by atoms with Crippen molar-refractivity contribution in [3.8, 4) is 0 Å². The molecular formula is C15H30N6. The van der Waals surface area contributed by atoms with Crippen molar-refractivity contribution in [1.82, 2.24) is 15.0 Å².